The van der Waals surface area contributed by atoms with Crippen LogP contribution >= 0.6 is 28.3 Å². The minimum Gasteiger partial charge on any atom is -0.339 e. The summed E-state index contributed by atoms with van der Waals surface area (Å²) < 4.78 is 0. The molecule has 0 bridgehead atoms. The molecule has 0 unspecified atom stereocenters. The average Bonchev–Trinajstić information content (AvgIpc) is 2.83. The molecule has 0 saturated carbocycles. The van der Waals surface area contributed by atoms with Crippen LogP contribution in [0.4, 0.5) is 0 Å². The van der Waals surface area contributed by atoms with Crippen LogP contribution in [0.25, 0.3) is 0 Å². The summed E-state index contributed by atoms with van der Waals surface area (Å²) in [5.41, 5.74) is 0. The Morgan fingerprint density at radius 1 is 0.394 bits per heavy atom. The van der Waals surface area contributed by atoms with E-state index < -0.39 is 0 Å². The van der Waals surface area contributed by atoms with Crippen LogP contribution in [-0.2, 0) is 34.1 Å². The molecule has 0 nitrogen and oxygen atoms in total. The summed E-state index contributed by atoms with van der Waals surface area (Å²) in [4.78, 5) is 0. The van der Waals surface area contributed by atoms with Gasteiger partial charge in [-0.2, -0.15) is 12.3 Å². The number of rotatable bonds is 6. The Kier molecular flexibility index (Phi) is 17.9. The predicted molar refractivity (Wildman–Crippen MR) is 146 cm³/mol. The first-order valence-corrected chi connectivity index (χ1v) is 13.2. The summed E-state index contributed by atoms with van der Waals surface area (Å²) >= 11 is 0. The van der Waals surface area contributed by atoms with E-state index in [0.717, 1.165) is 12.3 Å². The monoisotopic (exact) mass is 574 g/mol. The molecule has 176 valence electrons. The first-order valence-electron chi connectivity index (χ1n) is 10.2. The Labute approximate surface area is 229 Å². The Bertz CT molecular complexity index is 810. The maximum atomic E-state index is 4.07. The molecule has 4 rings (SSSR count). The van der Waals surface area contributed by atoms with Gasteiger partial charge in [-0.15, -0.1) is 12.4 Å². The molecule has 0 aliphatic carbocycles. The van der Waals surface area contributed by atoms with Gasteiger partial charge in [0.15, 0.2) is 0 Å². The van der Waals surface area contributed by atoms with Crippen molar-refractivity contribution in [2.45, 2.75) is 0 Å². The van der Waals surface area contributed by atoms with Crippen LogP contribution in [0.5, 0.6) is 0 Å². The summed E-state index contributed by atoms with van der Waals surface area (Å²) in [6.45, 7) is 8.14. The fourth-order valence-electron chi connectivity index (χ4n) is 3.25. The third-order valence-electron chi connectivity index (χ3n) is 4.72. The molecular weight excluding hydrogens is 545 g/mol. The summed E-state index contributed by atoms with van der Waals surface area (Å²) in [5, 5.41) is 5.64. The van der Waals surface area contributed by atoms with Crippen molar-refractivity contribution >= 4 is 49.5 Å². The largest absolute Gasteiger partial charge is 0.339 e. The third-order valence-corrected chi connectivity index (χ3v) is 9.30. The molecule has 0 aliphatic heterocycles. The molecule has 0 spiro atoms. The van der Waals surface area contributed by atoms with Gasteiger partial charge in [0.25, 0.3) is 0 Å². The van der Waals surface area contributed by atoms with Gasteiger partial charge in [0.2, 0.25) is 0 Å². The number of hydrogen-bond acceptors (Lipinski definition) is 0. The van der Waals surface area contributed by atoms with Gasteiger partial charge < -0.3 is 13.8 Å². The molecule has 0 N–H and O–H groups in total. The molecule has 0 heterocycles. The van der Waals surface area contributed by atoms with Gasteiger partial charge >= 0.3 is 0 Å². The fourth-order valence-corrected chi connectivity index (χ4v) is 7.00. The van der Waals surface area contributed by atoms with E-state index in [4.69, 9.17) is 0 Å². The Morgan fingerprint density at radius 2 is 0.576 bits per heavy atom. The van der Waals surface area contributed by atoms with Gasteiger partial charge in [-0.25, -0.2) is 0 Å². The summed E-state index contributed by atoms with van der Waals surface area (Å²) in [6.07, 6.45) is 1.92. The van der Waals surface area contributed by atoms with Crippen LogP contribution in [-0.4, -0.2) is 12.3 Å². The van der Waals surface area contributed by atoms with Crippen LogP contribution in [0.1, 0.15) is 0 Å². The van der Waals surface area contributed by atoms with Crippen LogP contribution < -0.4 is 21.2 Å². The molecule has 0 saturated heterocycles. The van der Waals surface area contributed by atoms with E-state index in [1.165, 1.54) is 21.2 Å². The quantitative estimate of drug-likeness (QED) is 0.144. The van der Waals surface area contributed by atoms with E-state index in [-0.39, 0.29) is 62.4 Å². The van der Waals surface area contributed by atoms with Crippen molar-refractivity contribution in [2.24, 2.45) is 0 Å². The molecule has 0 fully saturated rings. The molecule has 33 heavy (non-hydrogen) atoms. The standard InChI is InChI=1S/2C14H14P.ClH.2Fe/c2*1-2-15(13-9-5-3-6-10-13)14-11-7-4-8-12-14;;;/h2*3-12H,1-2H2;1H;;/q2*-1;;;. The molecule has 0 radical (unpaired) electrons. The van der Waals surface area contributed by atoms with Gasteiger partial charge in [0, 0.05) is 34.1 Å². The number of halogens is 1. The second kappa shape index (κ2) is 18.4. The fraction of sp³-hybridized carbons (Fsp3) is 0.0714. The maximum Gasteiger partial charge on any atom is 0 e. The zero-order valence-electron chi connectivity index (χ0n) is 18.4. The zero-order valence-corrected chi connectivity index (χ0v) is 23.2. The Hall–Kier alpha value is -0.931. The summed E-state index contributed by atoms with van der Waals surface area (Å²) in [7, 11) is -0.520. The van der Waals surface area contributed by atoms with Crippen LogP contribution in [0, 0.1) is 13.8 Å². The minimum atomic E-state index is -0.260. The minimum absolute atomic E-state index is 0. The van der Waals surface area contributed by atoms with E-state index in [2.05, 4.69) is 135 Å². The van der Waals surface area contributed by atoms with E-state index in [9.17, 15) is 0 Å². The average molecular weight is 575 g/mol. The normalized spacial score (nSPS) is 9.58. The molecule has 0 aliphatic rings. The summed E-state index contributed by atoms with van der Waals surface area (Å²) in [5.74, 6) is 0. The SMILES string of the molecule is Cl.[CH2-]CP(c1ccccc1)c1ccccc1.[CH2-]CP(c1ccccc1)c1ccccc1.[Fe].[Fe]. The van der Waals surface area contributed by atoms with Crippen molar-refractivity contribution in [3.05, 3.63) is 135 Å². The van der Waals surface area contributed by atoms with Gasteiger partial charge in [-0.3, -0.25) is 0 Å². The van der Waals surface area contributed by atoms with Crippen LogP contribution in [0.3, 0.4) is 0 Å². The second-order valence-electron chi connectivity index (χ2n) is 6.65. The van der Waals surface area contributed by atoms with Gasteiger partial charge in [-0.05, 0) is 21.2 Å². The van der Waals surface area contributed by atoms with Crippen LogP contribution in [0.15, 0.2) is 121 Å². The van der Waals surface area contributed by atoms with E-state index in [1.807, 2.05) is 0 Å². The van der Waals surface area contributed by atoms with Gasteiger partial charge in [0.1, 0.15) is 0 Å². The van der Waals surface area contributed by atoms with E-state index >= 15 is 0 Å². The van der Waals surface area contributed by atoms with E-state index in [0.29, 0.717) is 0 Å². The van der Waals surface area contributed by atoms with Crippen molar-refractivity contribution in [1.29, 1.82) is 0 Å². The second-order valence-corrected chi connectivity index (χ2v) is 11.3. The first-order chi connectivity index (χ1) is 14.8. The third kappa shape index (κ3) is 10.1. The molecule has 5 heteroatoms. The van der Waals surface area contributed by atoms with Crippen LogP contribution in [0.2, 0.25) is 0 Å². The molecule has 0 atom stereocenters. The number of hydrogen-bond donors (Lipinski definition) is 0. The smallest absolute Gasteiger partial charge is 0 e. The van der Waals surface area contributed by atoms with Gasteiger partial charge in [-0.1, -0.05) is 137 Å². The molecule has 4 aromatic carbocycles. The molecule has 0 aromatic heterocycles. The topological polar surface area (TPSA) is 0 Å². The van der Waals surface area contributed by atoms with Gasteiger partial charge in [0.05, 0.1) is 0 Å². The van der Waals surface area contributed by atoms with Crippen molar-refractivity contribution in [2.75, 3.05) is 12.3 Å². The zero-order chi connectivity index (χ0) is 21.0. The predicted octanol–water partition coefficient (Wildman–Crippen LogP) is 6.32. The molecule has 0 amide bonds. The Morgan fingerprint density at radius 3 is 0.727 bits per heavy atom. The number of benzene rings is 4. The molecule has 4 aromatic rings. The van der Waals surface area contributed by atoms with E-state index in [1.54, 1.807) is 0 Å². The van der Waals surface area contributed by atoms with Crippen molar-refractivity contribution in [3.8, 4) is 0 Å². The molecular formula is C28H29ClFe2P2-2. The van der Waals surface area contributed by atoms with Crippen molar-refractivity contribution in [1.82, 2.24) is 0 Å². The maximum absolute atomic E-state index is 4.07. The van der Waals surface area contributed by atoms with Crippen molar-refractivity contribution in [3.63, 3.8) is 0 Å². The van der Waals surface area contributed by atoms with Crippen molar-refractivity contribution < 1.29 is 34.1 Å². The Balaban J connectivity index is 0.000000569. The summed E-state index contributed by atoms with van der Waals surface area (Å²) in [6, 6.07) is 42.6. The first kappa shape index (κ1) is 32.1.